The van der Waals surface area contributed by atoms with E-state index in [2.05, 4.69) is 26.0 Å². The SMILES string of the molecule is Cc1cc(/C=C/CN)c(C)s1. The van der Waals surface area contributed by atoms with Crippen molar-refractivity contribution in [2.75, 3.05) is 6.54 Å². The highest BCUT2D eigenvalue weighted by atomic mass is 32.1. The highest BCUT2D eigenvalue weighted by molar-refractivity contribution is 7.12. The molecule has 0 fully saturated rings. The maximum absolute atomic E-state index is 5.35. The molecular formula is C9H13NS. The number of hydrogen-bond acceptors (Lipinski definition) is 2. The lowest BCUT2D eigenvalue weighted by atomic mass is 10.2. The molecule has 2 heteroatoms. The van der Waals surface area contributed by atoms with Crippen LogP contribution in [0.3, 0.4) is 0 Å². The first-order chi connectivity index (χ1) is 5.24. The topological polar surface area (TPSA) is 26.0 Å². The van der Waals surface area contributed by atoms with Crippen molar-refractivity contribution in [3.8, 4) is 0 Å². The highest BCUT2D eigenvalue weighted by Gasteiger charge is 1.96. The summed E-state index contributed by atoms with van der Waals surface area (Å²) < 4.78 is 0. The summed E-state index contributed by atoms with van der Waals surface area (Å²) in [5.74, 6) is 0. The fourth-order valence-electron chi connectivity index (χ4n) is 1.01. The molecule has 0 aliphatic rings. The molecule has 0 atom stereocenters. The summed E-state index contributed by atoms with van der Waals surface area (Å²) >= 11 is 1.83. The van der Waals surface area contributed by atoms with E-state index in [9.17, 15) is 0 Å². The molecule has 0 aliphatic carbocycles. The number of rotatable bonds is 2. The van der Waals surface area contributed by atoms with Crippen molar-refractivity contribution in [1.82, 2.24) is 0 Å². The van der Waals surface area contributed by atoms with Crippen LogP contribution < -0.4 is 5.73 Å². The van der Waals surface area contributed by atoms with E-state index >= 15 is 0 Å². The smallest absolute Gasteiger partial charge is 0.0110 e. The van der Waals surface area contributed by atoms with Crippen molar-refractivity contribution in [2.24, 2.45) is 5.73 Å². The summed E-state index contributed by atoms with van der Waals surface area (Å²) in [6.45, 7) is 4.87. The second-order valence-electron chi connectivity index (χ2n) is 2.51. The van der Waals surface area contributed by atoms with Crippen LogP contribution in [0.25, 0.3) is 6.08 Å². The minimum absolute atomic E-state index is 0.619. The minimum atomic E-state index is 0.619. The van der Waals surface area contributed by atoms with Crippen molar-refractivity contribution in [3.63, 3.8) is 0 Å². The highest BCUT2D eigenvalue weighted by Crippen LogP contribution is 2.21. The molecule has 60 valence electrons. The van der Waals surface area contributed by atoms with Gasteiger partial charge >= 0.3 is 0 Å². The normalized spacial score (nSPS) is 11.2. The van der Waals surface area contributed by atoms with Crippen molar-refractivity contribution < 1.29 is 0 Å². The van der Waals surface area contributed by atoms with Gasteiger partial charge in [0.1, 0.15) is 0 Å². The Hall–Kier alpha value is -0.600. The minimum Gasteiger partial charge on any atom is -0.327 e. The van der Waals surface area contributed by atoms with E-state index in [0.29, 0.717) is 6.54 Å². The molecule has 1 nitrogen and oxygen atoms in total. The van der Waals surface area contributed by atoms with Gasteiger partial charge in [0, 0.05) is 16.3 Å². The Morgan fingerprint density at radius 1 is 1.55 bits per heavy atom. The van der Waals surface area contributed by atoms with Crippen LogP contribution in [0.4, 0.5) is 0 Å². The average molecular weight is 167 g/mol. The largest absolute Gasteiger partial charge is 0.327 e. The van der Waals surface area contributed by atoms with Gasteiger partial charge in [-0.15, -0.1) is 11.3 Å². The Kier molecular flexibility index (Phi) is 2.85. The lowest BCUT2D eigenvalue weighted by Gasteiger charge is -1.86. The summed E-state index contributed by atoms with van der Waals surface area (Å²) in [4.78, 5) is 2.73. The zero-order valence-corrected chi connectivity index (χ0v) is 7.74. The molecule has 0 spiro atoms. The van der Waals surface area contributed by atoms with Gasteiger partial charge in [-0.2, -0.15) is 0 Å². The molecule has 0 bridgehead atoms. The molecular weight excluding hydrogens is 154 g/mol. The van der Waals surface area contributed by atoms with Crippen LogP contribution >= 0.6 is 11.3 Å². The average Bonchev–Trinajstić information content (AvgIpc) is 2.26. The van der Waals surface area contributed by atoms with Gasteiger partial charge < -0.3 is 5.73 Å². The number of aryl methyl sites for hydroxylation is 2. The molecule has 1 rings (SSSR count). The predicted molar refractivity (Wildman–Crippen MR) is 51.9 cm³/mol. The Morgan fingerprint density at radius 3 is 2.73 bits per heavy atom. The van der Waals surface area contributed by atoms with Crippen LogP contribution in [-0.4, -0.2) is 6.54 Å². The third-order valence-electron chi connectivity index (χ3n) is 1.51. The monoisotopic (exact) mass is 167 g/mol. The molecule has 2 N–H and O–H groups in total. The summed E-state index contributed by atoms with van der Waals surface area (Å²) in [5, 5.41) is 0. The fraction of sp³-hybridized carbons (Fsp3) is 0.333. The lowest BCUT2D eigenvalue weighted by molar-refractivity contribution is 1.26. The second-order valence-corrected chi connectivity index (χ2v) is 3.97. The first kappa shape index (κ1) is 8.50. The Bertz CT molecular complexity index is 261. The quantitative estimate of drug-likeness (QED) is 0.719. The van der Waals surface area contributed by atoms with E-state index in [1.54, 1.807) is 0 Å². The van der Waals surface area contributed by atoms with Gasteiger partial charge in [-0.05, 0) is 25.5 Å². The van der Waals surface area contributed by atoms with Gasteiger partial charge in [0.05, 0.1) is 0 Å². The summed E-state index contributed by atoms with van der Waals surface area (Å²) in [7, 11) is 0. The van der Waals surface area contributed by atoms with E-state index in [1.165, 1.54) is 15.3 Å². The molecule has 1 aromatic rings. The molecule has 0 aromatic carbocycles. The summed E-state index contributed by atoms with van der Waals surface area (Å²) in [6.07, 6.45) is 4.06. The predicted octanol–water partition coefficient (Wildman–Crippen LogP) is 2.34. The van der Waals surface area contributed by atoms with Crippen LogP contribution in [0.5, 0.6) is 0 Å². The van der Waals surface area contributed by atoms with Gasteiger partial charge in [-0.25, -0.2) is 0 Å². The summed E-state index contributed by atoms with van der Waals surface area (Å²) in [5.41, 5.74) is 6.65. The van der Waals surface area contributed by atoms with Crippen LogP contribution in [0.2, 0.25) is 0 Å². The van der Waals surface area contributed by atoms with Crippen LogP contribution in [-0.2, 0) is 0 Å². The Labute approximate surface area is 71.5 Å². The van der Waals surface area contributed by atoms with Gasteiger partial charge in [-0.3, -0.25) is 0 Å². The molecule has 1 heterocycles. The van der Waals surface area contributed by atoms with E-state index in [4.69, 9.17) is 5.73 Å². The third-order valence-corrected chi connectivity index (χ3v) is 2.49. The van der Waals surface area contributed by atoms with E-state index in [1.807, 2.05) is 17.4 Å². The van der Waals surface area contributed by atoms with Gasteiger partial charge in [-0.1, -0.05) is 12.2 Å². The zero-order chi connectivity index (χ0) is 8.27. The second kappa shape index (κ2) is 3.69. The zero-order valence-electron chi connectivity index (χ0n) is 6.92. The van der Waals surface area contributed by atoms with E-state index in [-0.39, 0.29) is 0 Å². The van der Waals surface area contributed by atoms with Gasteiger partial charge in [0.15, 0.2) is 0 Å². The first-order valence-electron chi connectivity index (χ1n) is 3.67. The van der Waals surface area contributed by atoms with Crippen molar-refractivity contribution >= 4 is 17.4 Å². The van der Waals surface area contributed by atoms with Gasteiger partial charge in [0.2, 0.25) is 0 Å². The van der Waals surface area contributed by atoms with E-state index in [0.717, 1.165) is 0 Å². The lowest BCUT2D eigenvalue weighted by Crippen LogP contribution is -1.91. The first-order valence-corrected chi connectivity index (χ1v) is 4.49. The Balaban J connectivity index is 2.85. The molecule has 0 saturated heterocycles. The number of hydrogen-bond donors (Lipinski definition) is 1. The van der Waals surface area contributed by atoms with E-state index < -0.39 is 0 Å². The summed E-state index contributed by atoms with van der Waals surface area (Å²) in [6, 6.07) is 2.19. The molecule has 11 heavy (non-hydrogen) atoms. The number of nitrogens with two attached hydrogens (primary N) is 1. The van der Waals surface area contributed by atoms with Crippen molar-refractivity contribution in [1.29, 1.82) is 0 Å². The van der Waals surface area contributed by atoms with Gasteiger partial charge in [0.25, 0.3) is 0 Å². The fourth-order valence-corrected chi connectivity index (χ4v) is 1.92. The maximum atomic E-state index is 5.35. The molecule has 0 amide bonds. The standard InChI is InChI=1S/C9H13NS/c1-7-6-9(4-3-5-10)8(2)11-7/h3-4,6H,5,10H2,1-2H3/b4-3+. The van der Waals surface area contributed by atoms with Crippen molar-refractivity contribution in [3.05, 3.63) is 27.5 Å². The van der Waals surface area contributed by atoms with Crippen LogP contribution in [0, 0.1) is 13.8 Å². The van der Waals surface area contributed by atoms with Crippen molar-refractivity contribution in [2.45, 2.75) is 13.8 Å². The third kappa shape index (κ3) is 2.17. The van der Waals surface area contributed by atoms with Crippen LogP contribution in [0.1, 0.15) is 15.3 Å². The maximum Gasteiger partial charge on any atom is 0.0110 e. The molecule has 0 saturated carbocycles. The molecule has 0 aliphatic heterocycles. The molecule has 1 aromatic heterocycles. The van der Waals surface area contributed by atoms with Crippen LogP contribution in [0.15, 0.2) is 12.1 Å². The molecule has 0 radical (unpaired) electrons. The molecule has 0 unspecified atom stereocenters. The Morgan fingerprint density at radius 2 is 2.27 bits per heavy atom. The number of thiophene rings is 1.